The number of rotatable bonds is 9. The minimum atomic E-state index is -0.634. The van der Waals surface area contributed by atoms with E-state index in [0.717, 1.165) is 16.2 Å². The molecule has 0 aliphatic heterocycles. The highest BCUT2D eigenvalue weighted by Gasteiger charge is 2.25. The van der Waals surface area contributed by atoms with E-state index in [1.165, 1.54) is 18.7 Å². The van der Waals surface area contributed by atoms with Gasteiger partial charge in [0.2, 0.25) is 0 Å². The monoisotopic (exact) mass is 469 g/mol. The van der Waals surface area contributed by atoms with Crippen molar-refractivity contribution in [1.29, 1.82) is 0 Å². The van der Waals surface area contributed by atoms with Gasteiger partial charge >= 0.3 is 11.9 Å². The van der Waals surface area contributed by atoms with Crippen LogP contribution >= 0.6 is 34.7 Å². The number of benzene rings is 1. The second-order valence-corrected chi connectivity index (χ2v) is 8.49. The first-order valence-electron chi connectivity index (χ1n) is 8.88. The van der Waals surface area contributed by atoms with Gasteiger partial charge in [-0.1, -0.05) is 11.6 Å². The van der Waals surface area contributed by atoms with Crippen molar-refractivity contribution in [3.63, 3.8) is 0 Å². The molecule has 1 aromatic heterocycles. The number of ether oxygens (including phenoxy) is 2. The third-order valence-corrected chi connectivity index (χ3v) is 6.28. The maximum Gasteiger partial charge on any atom is 0.341 e. The van der Waals surface area contributed by atoms with E-state index < -0.39 is 24.5 Å². The van der Waals surface area contributed by atoms with Crippen LogP contribution in [0, 0.1) is 6.92 Å². The van der Waals surface area contributed by atoms with Crippen LogP contribution in [0.4, 0.5) is 5.00 Å². The van der Waals surface area contributed by atoms with Gasteiger partial charge in [-0.25, -0.2) is 4.79 Å². The normalized spacial score (nSPS) is 10.4. The van der Waals surface area contributed by atoms with E-state index in [2.05, 4.69) is 5.32 Å². The van der Waals surface area contributed by atoms with E-state index in [1.807, 2.05) is 0 Å². The standard InChI is InChI=1S/C20H20ClNO6S2/c1-4-27-20(26)17-11(2)18(12(3)23)30-19(17)22-15(24)9-28-16(25)10-29-14-7-5-13(21)6-8-14/h5-8H,4,9-10H2,1-3H3,(H,22,24). The highest BCUT2D eigenvalue weighted by Crippen LogP contribution is 2.34. The largest absolute Gasteiger partial charge is 0.462 e. The molecule has 1 aromatic carbocycles. The van der Waals surface area contributed by atoms with Gasteiger partial charge in [-0.3, -0.25) is 14.4 Å². The van der Waals surface area contributed by atoms with Crippen LogP contribution in [0.1, 0.15) is 39.4 Å². The van der Waals surface area contributed by atoms with Crippen LogP contribution in [-0.2, 0) is 19.1 Å². The second-order valence-electron chi connectivity index (χ2n) is 5.99. The van der Waals surface area contributed by atoms with Crippen molar-refractivity contribution in [1.82, 2.24) is 0 Å². The molecule has 7 nitrogen and oxygen atoms in total. The van der Waals surface area contributed by atoms with Gasteiger partial charge in [-0.2, -0.15) is 0 Å². The number of thiophene rings is 1. The lowest BCUT2D eigenvalue weighted by Crippen LogP contribution is -2.22. The first kappa shape index (κ1) is 23.9. The van der Waals surface area contributed by atoms with Crippen molar-refractivity contribution in [3.05, 3.63) is 45.3 Å². The third kappa shape index (κ3) is 6.58. The Bertz CT molecular complexity index is 955. The summed E-state index contributed by atoms with van der Waals surface area (Å²) in [5, 5.41) is 3.31. The number of hydrogen-bond acceptors (Lipinski definition) is 8. The van der Waals surface area contributed by atoms with E-state index in [4.69, 9.17) is 21.1 Å². The minimum absolute atomic E-state index is 0.0234. The molecule has 0 bridgehead atoms. The maximum atomic E-state index is 12.2. The Balaban J connectivity index is 1.95. The molecule has 2 aromatic rings. The lowest BCUT2D eigenvalue weighted by molar-refractivity contribution is -0.144. The summed E-state index contributed by atoms with van der Waals surface area (Å²) >= 11 is 8.04. The zero-order chi connectivity index (χ0) is 22.3. The Kier molecular flexibility index (Phi) is 8.88. The van der Waals surface area contributed by atoms with Crippen LogP contribution in [0.5, 0.6) is 0 Å². The summed E-state index contributed by atoms with van der Waals surface area (Å²) in [6.07, 6.45) is 0. The summed E-state index contributed by atoms with van der Waals surface area (Å²) in [5.41, 5.74) is 0.572. The Morgan fingerprint density at radius 1 is 1.13 bits per heavy atom. The third-order valence-electron chi connectivity index (χ3n) is 3.73. The van der Waals surface area contributed by atoms with Gasteiger partial charge in [0.15, 0.2) is 12.4 Å². The molecular formula is C20H20ClNO6S2. The molecule has 0 atom stereocenters. The Hall–Kier alpha value is -2.36. The molecular weight excluding hydrogens is 450 g/mol. The summed E-state index contributed by atoms with van der Waals surface area (Å²) in [4.78, 5) is 49.3. The average molecular weight is 470 g/mol. The Labute approximate surface area is 187 Å². The van der Waals surface area contributed by atoms with Crippen LogP contribution in [0.3, 0.4) is 0 Å². The molecule has 0 unspecified atom stereocenters. The predicted molar refractivity (Wildman–Crippen MR) is 117 cm³/mol. The van der Waals surface area contributed by atoms with E-state index in [9.17, 15) is 19.2 Å². The number of carbonyl (C=O) groups is 4. The minimum Gasteiger partial charge on any atom is -0.462 e. The number of anilines is 1. The summed E-state index contributed by atoms with van der Waals surface area (Å²) in [5.74, 6) is -2.03. The van der Waals surface area contributed by atoms with E-state index in [0.29, 0.717) is 15.5 Å². The molecule has 1 amide bonds. The van der Waals surface area contributed by atoms with E-state index in [1.54, 1.807) is 38.1 Å². The number of ketones is 1. The van der Waals surface area contributed by atoms with Crippen LogP contribution in [0.25, 0.3) is 0 Å². The fourth-order valence-electron chi connectivity index (χ4n) is 2.41. The number of hydrogen-bond donors (Lipinski definition) is 1. The molecule has 30 heavy (non-hydrogen) atoms. The zero-order valence-corrected chi connectivity index (χ0v) is 19.0. The molecule has 2 rings (SSSR count). The molecule has 0 spiro atoms. The van der Waals surface area contributed by atoms with Crippen molar-refractivity contribution < 1.29 is 28.7 Å². The van der Waals surface area contributed by atoms with Crippen LogP contribution < -0.4 is 5.32 Å². The van der Waals surface area contributed by atoms with Gasteiger partial charge in [0.25, 0.3) is 5.91 Å². The molecule has 0 saturated heterocycles. The zero-order valence-electron chi connectivity index (χ0n) is 16.6. The number of amides is 1. The predicted octanol–water partition coefficient (Wildman–Crippen LogP) is 4.36. The first-order valence-corrected chi connectivity index (χ1v) is 11.1. The van der Waals surface area contributed by atoms with Crippen LogP contribution in [-0.4, -0.2) is 42.6 Å². The van der Waals surface area contributed by atoms with Gasteiger partial charge in [0, 0.05) is 9.92 Å². The summed E-state index contributed by atoms with van der Waals surface area (Å²) in [7, 11) is 0. The molecule has 0 aliphatic rings. The smallest absolute Gasteiger partial charge is 0.341 e. The lowest BCUT2D eigenvalue weighted by Gasteiger charge is -2.08. The van der Waals surface area contributed by atoms with Gasteiger partial charge < -0.3 is 14.8 Å². The van der Waals surface area contributed by atoms with Crippen LogP contribution in [0.2, 0.25) is 5.02 Å². The van der Waals surface area contributed by atoms with Crippen molar-refractivity contribution in [2.24, 2.45) is 0 Å². The highest BCUT2D eigenvalue weighted by molar-refractivity contribution is 8.00. The number of carbonyl (C=O) groups excluding carboxylic acids is 4. The number of halogens is 1. The molecule has 0 radical (unpaired) electrons. The fourth-order valence-corrected chi connectivity index (χ4v) is 4.34. The van der Waals surface area contributed by atoms with Gasteiger partial charge in [-0.05, 0) is 50.6 Å². The summed E-state index contributed by atoms with van der Waals surface area (Å²) < 4.78 is 9.99. The molecule has 1 N–H and O–H groups in total. The molecule has 160 valence electrons. The molecule has 0 saturated carbocycles. The quantitative estimate of drug-likeness (QED) is 0.331. The molecule has 0 aliphatic carbocycles. The Morgan fingerprint density at radius 2 is 1.80 bits per heavy atom. The van der Waals surface area contributed by atoms with Crippen LogP contribution in [0.15, 0.2) is 29.2 Å². The first-order chi connectivity index (χ1) is 14.2. The molecule has 10 heteroatoms. The number of Topliss-reactive ketones (excluding diaryl/α,β-unsaturated/α-hetero) is 1. The van der Waals surface area contributed by atoms with E-state index in [-0.39, 0.29) is 28.7 Å². The second kappa shape index (κ2) is 11.1. The number of thioether (sulfide) groups is 1. The summed E-state index contributed by atoms with van der Waals surface area (Å²) in [6.45, 7) is 4.28. The van der Waals surface area contributed by atoms with Gasteiger partial charge in [0.05, 0.1) is 22.8 Å². The SMILES string of the molecule is CCOC(=O)c1c(NC(=O)COC(=O)CSc2ccc(Cl)cc2)sc(C(C)=O)c1C. The van der Waals surface area contributed by atoms with Gasteiger partial charge in [-0.15, -0.1) is 23.1 Å². The average Bonchev–Trinajstić information content (AvgIpc) is 3.02. The topological polar surface area (TPSA) is 98.8 Å². The van der Waals surface area contributed by atoms with Crippen molar-refractivity contribution in [2.75, 3.05) is 24.3 Å². The number of esters is 2. The van der Waals surface area contributed by atoms with E-state index >= 15 is 0 Å². The highest BCUT2D eigenvalue weighted by atomic mass is 35.5. The van der Waals surface area contributed by atoms with Crippen molar-refractivity contribution in [2.45, 2.75) is 25.7 Å². The van der Waals surface area contributed by atoms with Crippen molar-refractivity contribution in [3.8, 4) is 0 Å². The lowest BCUT2D eigenvalue weighted by atomic mass is 10.1. The molecule has 0 fully saturated rings. The molecule has 1 heterocycles. The fraction of sp³-hybridized carbons (Fsp3) is 0.300. The van der Waals surface area contributed by atoms with Crippen molar-refractivity contribution >= 4 is 63.3 Å². The summed E-state index contributed by atoms with van der Waals surface area (Å²) in [6, 6.07) is 6.97. The maximum absolute atomic E-state index is 12.2. The number of nitrogens with one attached hydrogen (secondary N) is 1. The van der Waals surface area contributed by atoms with Gasteiger partial charge in [0.1, 0.15) is 5.00 Å². The Morgan fingerprint density at radius 3 is 2.40 bits per heavy atom.